The maximum Gasteiger partial charge on any atom is 0.222 e. The molecule has 4 aromatic rings. The summed E-state index contributed by atoms with van der Waals surface area (Å²) in [5, 5.41) is 5.79. The average Bonchev–Trinajstić information content (AvgIpc) is 3.12. The lowest BCUT2D eigenvalue weighted by atomic mass is 10.0. The van der Waals surface area contributed by atoms with Gasteiger partial charge in [-0.05, 0) is 57.2 Å². The smallest absolute Gasteiger partial charge is 0.222 e. The van der Waals surface area contributed by atoms with E-state index in [4.69, 9.17) is 9.72 Å². The number of anilines is 1. The van der Waals surface area contributed by atoms with Crippen molar-refractivity contribution >= 4 is 27.6 Å². The molecular formula is C22H25N5O. The van der Waals surface area contributed by atoms with Crippen LogP contribution in [0.4, 0.5) is 5.69 Å². The Morgan fingerprint density at radius 2 is 1.89 bits per heavy atom. The molecule has 0 amide bonds. The van der Waals surface area contributed by atoms with Gasteiger partial charge in [0.25, 0.3) is 0 Å². The van der Waals surface area contributed by atoms with E-state index in [0.717, 1.165) is 38.8 Å². The molecule has 1 unspecified atom stereocenters. The summed E-state index contributed by atoms with van der Waals surface area (Å²) in [6.07, 6.45) is 3.56. The SMILES string of the molecule is Cc1cnc2nc[nH]c2c1NC(C)c1cc2cccc(C)c2c(OC(C)C)n1. The Morgan fingerprint density at radius 1 is 1.07 bits per heavy atom. The minimum Gasteiger partial charge on any atom is -0.474 e. The highest BCUT2D eigenvalue weighted by atomic mass is 16.5. The number of hydrogen-bond acceptors (Lipinski definition) is 5. The number of benzene rings is 1. The molecule has 0 aliphatic carbocycles. The van der Waals surface area contributed by atoms with E-state index in [-0.39, 0.29) is 12.1 Å². The second-order valence-corrected chi connectivity index (χ2v) is 7.48. The fourth-order valence-corrected chi connectivity index (χ4v) is 3.46. The molecule has 3 aromatic heterocycles. The molecule has 2 N–H and O–H groups in total. The number of nitrogens with zero attached hydrogens (tertiary/aromatic N) is 3. The monoisotopic (exact) mass is 375 g/mol. The Morgan fingerprint density at radius 3 is 2.68 bits per heavy atom. The molecule has 0 aliphatic rings. The number of imidazole rings is 1. The van der Waals surface area contributed by atoms with Gasteiger partial charge >= 0.3 is 0 Å². The Labute approximate surface area is 164 Å². The Hall–Kier alpha value is -3.15. The molecule has 0 fully saturated rings. The molecular weight excluding hydrogens is 350 g/mol. The zero-order chi connectivity index (χ0) is 19.8. The largest absolute Gasteiger partial charge is 0.474 e. The molecule has 3 heterocycles. The molecule has 144 valence electrons. The quantitative estimate of drug-likeness (QED) is 0.508. The van der Waals surface area contributed by atoms with Gasteiger partial charge in [-0.1, -0.05) is 18.2 Å². The average molecular weight is 375 g/mol. The van der Waals surface area contributed by atoms with Gasteiger partial charge in [0.2, 0.25) is 5.88 Å². The van der Waals surface area contributed by atoms with E-state index in [1.54, 1.807) is 6.33 Å². The highest BCUT2D eigenvalue weighted by Crippen LogP contribution is 2.32. The molecule has 0 radical (unpaired) electrons. The molecule has 4 rings (SSSR count). The number of pyridine rings is 2. The van der Waals surface area contributed by atoms with Crippen molar-refractivity contribution in [2.75, 3.05) is 5.32 Å². The van der Waals surface area contributed by atoms with Gasteiger partial charge in [-0.2, -0.15) is 0 Å². The van der Waals surface area contributed by atoms with E-state index in [0.29, 0.717) is 11.5 Å². The van der Waals surface area contributed by atoms with Gasteiger partial charge in [0, 0.05) is 11.6 Å². The standard InChI is InChI=1S/C22H25N5O/c1-12(2)28-22-18-13(3)7-6-8-16(18)9-17(27-22)15(5)26-19-14(4)10-23-21-20(19)24-11-25-21/h6-12,15H,1-5H3,(H2,23,24,25,26). The van der Waals surface area contributed by atoms with E-state index in [1.165, 1.54) is 0 Å². The van der Waals surface area contributed by atoms with Gasteiger partial charge in [-0.3, -0.25) is 0 Å². The zero-order valence-electron chi connectivity index (χ0n) is 16.9. The highest BCUT2D eigenvalue weighted by molar-refractivity contribution is 5.90. The van der Waals surface area contributed by atoms with Crippen LogP contribution in [0.1, 0.15) is 43.6 Å². The minimum absolute atomic E-state index is 0.0213. The normalized spacial score (nSPS) is 12.6. The molecule has 0 saturated heterocycles. The summed E-state index contributed by atoms with van der Waals surface area (Å²) in [4.78, 5) is 16.7. The molecule has 6 nitrogen and oxygen atoms in total. The van der Waals surface area contributed by atoms with Crippen molar-refractivity contribution in [2.24, 2.45) is 0 Å². The molecule has 0 spiro atoms. The maximum atomic E-state index is 6.07. The summed E-state index contributed by atoms with van der Waals surface area (Å²) >= 11 is 0. The Balaban J connectivity index is 1.77. The topological polar surface area (TPSA) is 75.7 Å². The number of H-pyrrole nitrogens is 1. The van der Waals surface area contributed by atoms with E-state index in [2.05, 4.69) is 58.4 Å². The van der Waals surface area contributed by atoms with E-state index in [1.807, 2.05) is 27.0 Å². The van der Waals surface area contributed by atoms with Crippen molar-refractivity contribution in [3.8, 4) is 5.88 Å². The van der Waals surface area contributed by atoms with Gasteiger partial charge in [0.15, 0.2) is 5.65 Å². The number of fused-ring (bicyclic) bond motifs is 2. The van der Waals surface area contributed by atoms with Gasteiger partial charge in [0.05, 0.1) is 29.9 Å². The predicted molar refractivity (Wildman–Crippen MR) is 113 cm³/mol. The minimum atomic E-state index is -0.0213. The number of aromatic nitrogens is 4. The van der Waals surface area contributed by atoms with Crippen LogP contribution in [0.3, 0.4) is 0 Å². The summed E-state index contributed by atoms with van der Waals surface area (Å²) in [5.74, 6) is 0.687. The molecule has 28 heavy (non-hydrogen) atoms. The van der Waals surface area contributed by atoms with Crippen LogP contribution in [0.2, 0.25) is 0 Å². The number of rotatable bonds is 5. The molecule has 0 bridgehead atoms. The second-order valence-electron chi connectivity index (χ2n) is 7.48. The summed E-state index contributed by atoms with van der Waals surface area (Å²) in [6.45, 7) is 10.3. The van der Waals surface area contributed by atoms with Crippen molar-refractivity contribution in [3.05, 3.63) is 53.6 Å². The van der Waals surface area contributed by atoms with Gasteiger partial charge in [0.1, 0.15) is 5.52 Å². The molecule has 1 atom stereocenters. The molecule has 0 saturated carbocycles. The Kier molecular flexibility index (Phi) is 4.63. The first-order valence-electron chi connectivity index (χ1n) is 9.56. The van der Waals surface area contributed by atoms with Crippen LogP contribution in [0.5, 0.6) is 5.88 Å². The van der Waals surface area contributed by atoms with Crippen molar-refractivity contribution in [3.63, 3.8) is 0 Å². The lowest BCUT2D eigenvalue weighted by Crippen LogP contribution is -2.13. The number of aryl methyl sites for hydroxylation is 2. The molecule has 0 aliphatic heterocycles. The highest BCUT2D eigenvalue weighted by Gasteiger charge is 2.17. The predicted octanol–water partition coefficient (Wildman–Crippen LogP) is 5.08. The molecule has 6 heteroatoms. The fourth-order valence-electron chi connectivity index (χ4n) is 3.46. The van der Waals surface area contributed by atoms with Crippen molar-refractivity contribution < 1.29 is 4.74 Å². The van der Waals surface area contributed by atoms with Crippen molar-refractivity contribution in [1.82, 2.24) is 19.9 Å². The van der Waals surface area contributed by atoms with E-state index in [9.17, 15) is 0 Å². The number of ether oxygens (including phenoxy) is 1. The van der Waals surface area contributed by atoms with Crippen LogP contribution in [0.15, 0.2) is 36.8 Å². The third kappa shape index (κ3) is 3.26. The maximum absolute atomic E-state index is 6.07. The Bertz CT molecular complexity index is 1150. The lowest BCUT2D eigenvalue weighted by Gasteiger charge is -2.20. The fraction of sp³-hybridized carbons (Fsp3) is 0.318. The van der Waals surface area contributed by atoms with E-state index < -0.39 is 0 Å². The third-order valence-corrected chi connectivity index (χ3v) is 4.85. The van der Waals surface area contributed by atoms with Crippen LogP contribution < -0.4 is 10.1 Å². The summed E-state index contributed by atoms with van der Waals surface area (Å²) < 4.78 is 6.07. The van der Waals surface area contributed by atoms with Crippen LogP contribution in [0, 0.1) is 13.8 Å². The first-order chi connectivity index (χ1) is 13.4. The van der Waals surface area contributed by atoms with Gasteiger partial charge < -0.3 is 15.0 Å². The van der Waals surface area contributed by atoms with Gasteiger partial charge in [-0.25, -0.2) is 15.0 Å². The summed E-state index contributed by atoms with van der Waals surface area (Å²) in [6, 6.07) is 8.38. The second kappa shape index (κ2) is 7.11. The van der Waals surface area contributed by atoms with Crippen LogP contribution in [-0.4, -0.2) is 26.0 Å². The molecule has 1 aromatic carbocycles. The van der Waals surface area contributed by atoms with Crippen LogP contribution in [0.25, 0.3) is 21.9 Å². The third-order valence-electron chi connectivity index (χ3n) is 4.85. The summed E-state index contributed by atoms with van der Waals surface area (Å²) in [7, 11) is 0. The van der Waals surface area contributed by atoms with Crippen molar-refractivity contribution in [1.29, 1.82) is 0 Å². The zero-order valence-corrected chi connectivity index (χ0v) is 16.9. The van der Waals surface area contributed by atoms with E-state index >= 15 is 0 Å². The van der Waals surface area contributed by atoms with Gasteiger partial charge in [-0.15, -0.1) is 0 Å². The number of hydrogen-bond donors (Lipinski definition) is 2. The number of aromatic amines is 1. The first-order valence-corrected chi connectivity index (χ1v) is 9.56. The van der Waals surface area contributed by atoms with Crippen molar-refractivity contribution in [2.45, 2.75) is 46.8 Å². The van der Waals surface area contributed by atoms with Crippen LogP contribution in [-0.2, 0) is 0 Å². The lowest BCUT2D eigenvalue weighted by molar-refractivity contribution is 0.235. The first kappa shape index (κ1) is 18.2. The number of nitrogens with one attached hydrogen (secondary N) is 2. The van der Waals surface area contributed by atoms with Crippen LogP contribution >= 0.6 is 0 Å². The summed E-state index contributed by atoms with van der Waals surface area (Å²) in [5.41, 5.74) is 5.74.